The van der Waals surface area contributed by atoms with Crippen LogP contribution >= 0.6 is 12.2 Å². The standard InChI is InChI=1S/C22H31N5OS/c1-3-26-20(18-7-4-6-16(2)12-18)24-27(22(26)29)15-25-11-5-8-19(14-25)21(28)23-13-17-9-10-17/h4,6-7,12,17,19H,3,5,8-11,13-15H2,1-2H3,(H,23,28). The summed E-state index contributed by atoms with van der Waals surface area (Å²) in [5, 5.41) is 8.00. The van der Waals surface area contributed by atoms with Gasteiger partial charge in [-0.25, -0.2) is 4.68 Å². The summed E-state index contributed by atoms with van der Waals surface area (Å²) in [4.78, 5) is 14.8. The zero-order chi connectivity index (χ0) is 20.4. The van der Waals surface area contributed by atoms with E-state index in [1.807, 2.05) is 4.68 Å². The van der Waals surface area contributed by atoms with E-state index in [4.69, 9.17) is 17.3 Å². The highest BCUT2D eigenvalue weighted by Crippen LogP contribution is 2.28. The smallest absolute Gasteiger partial charge is 0.224 e. The minimum absolute atomic E-state index is 0.0705. The largest absolute Gasteiger partial charge is 0.356 e. The van der Waals surface area contributed by atoms with Gasteiger partial charge in [0.15, 0.2) is 10.6 Å². The molecule has 156 valence electrons. The fourth-order valence-corrected chi connectivity index (χ4v) is 4.43. The van der Waals surface area contributed by atoms with Crippen LogP contribution in [-0.4, -0.2) is 44.8 Å². The lowest BCUT2D eigenvalue weighted by molar-refractivity contribution is -0.127. The maximum atomic E-state index is 12.5. The highest BCUT2D eigenvalue weighted by molar-refractivity contribution is 7.71. The van der Waals surface area contributed by atoms with Gasteiger partial charge in [0, 0.05) is 25.2 Å². The average molecular weight is 414 g/mol. The Morgan fingerprint density at radius 1 is 1.31 bits per heavy atom. The molecule has 1 aliphatic carbocycles. The predicted octanol–water partition coefficient (Wildman–Crippen LogP) is 3.61. The van der Waals surface area contributed by atoms with Crippen LogP contribution in [0, 0.1) is 23.5 Å². The third-order valence-corrected chi connectivity index (χ3v) is 6.42. The van der Waals surface area contributed by atoms with Gasteiger partial charge >= 0.3 is 0 Å². The highest BCUT2D eigenvalue weighted by Gasteiger charge is 2.28. The maximum Gasteiger partial charge on any atom is 0.224 e. The molecule has 2 fully saturated rings. The molecule has 6 nitrogen and oxygen atoms in total. The summed E-state index contributed by atoms with van der Waals surface area (Å²) in [7, 11) is 0. The van der Waals surface area contributed by atoms with Crippen molar-refractivity contribution in [1.82, 2.24) is 24.6 Å². The fourth-order valence-electron chi connectivity index (χ4n) is 4.11. The Morgan fingerprint density at radius 3 is 2.86 bits per heavy atom. The molecule has 1 aromatic heterocycles. The number of hydrogen-bond acceptors (Lipinski definition) is 4. The first-order valence-electron chi connectivity index (χ1n) is 10.8. The number of carbonyl (C=O) groups is 1. The van der Waals surface area contributed by atoms with Crippen LogP contribution in [0.3, 0.4) is 0 Å². The van der Waals surface area contributed by atoms with Gasteiger partial charge in [0.05, 0.1) is 12.6 Å². The van der Waals surface area contributed by atoms with E-state index in [1.54, 1.807) is 0 Å². The number of rotatable bonds is 7. The molecule has 4 rings (SSSR count). The lowest BCUT2D eigenvalue weighted by atomic mass is 9.97. The molecule has 1 unspecified atom stereocenters. The molecule has 1 saturated carbocycles. The second kappa shape index (κ2) is 8.79. The zero-order valence-corrected chi connectivity index (χ0v) is 18.2. The van der Waals surface area contributed by atoms with Crippen molar-refractivity contribution in [2.45, 2.75) is 52.7 Å². The lowest BCUT2D eigenvalue weighted by Crippen LogP contribution is -2.44. The molecule has 2 heterocycles. The number of carbonyl (C=O) groups excluding carboxylic acids is 1. The molecule has 1 amide bonds. The van der Waals surface area contributed by atoms with Gasteiger partial charge in [0.25, 0.3) is 0 Å². The van der Waals surface area contributed by atoms with Crippen molar-refractivity contribution in [2.75, 3.05) is 19.6 Å². The average Bonchev–Trinajstić information content (AvgIpc) is 3.50. The van der Waals surface area contributed by atoms with Crippen LogP contribution in [-0.2, 0) is 18.0 Å². The number of likely N-dealkylation sites (tertiary alicyclic amines) is 1. The summed E-state index contributed by atoms with van der Waals surface area (Å²) in [6.45, 7) is 8.21. The van der Waals surface area contributed by atoms with E-state index in [1.165, 1.54) is 18.4 Å². The summed E-state index contributed by atoms with van der Waals surface area (Å²) in [5.41, 5.74) is 2.30. The van der Waals surface area contributed by atoms with E-state index < -0.39 is 0 Å². The predicted molar refractivity (Wildman–Crippen MR) is 117 cm³/mol. The molecule has 7 heteroatoms. The Kier molecular flexibility index (Phi) is 6.15. The summed E-state index contributed by atoms with van der Waals surface area (Å²) < 4.78 is 4.75. The first-order valence-corrected chi connectivity index (χ1v) is 11.2. The molecular formula is C22H31N5OS. The van der Waals surface area contributed by atoms with Crippen LogP contribution in [0.15, 0.2) is 24.3 Å². The van der Waals surface area contributed by atoms with E-state index >= 15 is 0 Å². The number of amides is 1. The molecular weight excluding hydrogens is 382 g/mol. The van der Waals surface area contributed by atoms with Crippen LogP contribution in [0.2, 0.25) is 0 Å². The summed E-state index contributed by atoms with van der Waals surface area (Å²) >= 11 is 5.73. The Labute approximate surface area is 177 Å². The molecule has 2 aliphatic rings. The molecule has 1 atom stereocenters. The van der Waals surface area contributed by atoms with Crippen LogP contribution in [0.25, 0.3) is 11.4 Å². The second-order valence-corrected chi connectivity index (χ2v) is 8.83. The third-order valence-electron chi connectivity index (χ3n) is 5.99. The zero-order valence-electron chi connectivity index (χ0n) is 17.4. The first-order chi connectivity index (χ1) is 14.0. The number of aromatic nitrogens is 3. The lowest BCUT2D eigenvalue weighted by Gasteiger charge is -2.31. The highest BCUT2D eigenvalue weighted by atomic mass is 32.1. The van der Waals surface area contributed by atoms with Crippen LogP contribution in [0.1, 0.15) is 38.2 Å². The number of benzene rings is 1. The van der Waals surface area contributed by atoms with Gasteiger partial charge in [-0.05, 0) is 70.3 Å². The van der Waals surface area contributed by atoms with Crippen molar-refractivity contribution >= 4 is 18.1 Å². The molecule has 1 saturated heterocycles. The first kappa shape index (κ1) is 20.3. The monoisotopic (exact) mass is 413 g/mol. The number of nitrogens with zero attached hydrogens (tertiary/aromatic N) is 4. The number of piperidine rings is 1. The minimum Gasteiger partial charge on any atom is -0.356 e. The Bertz CT molecular complexity index is 930. The van der Waals surface area contributed by atoms with E-state index in [0.29, 0.717) is 6.67 Å². The van der Waals surface area contributed by atoms with Gasteiger partial charge < -0.3 is 9.88 Å². The van der Waals surface area contributed by atoms with Gasteiger partial charge in [-0.15, -0.1) is 0 Å². The van der Waals surface area contributed by atoms with E-state index in [2.05, 4.69) is 52.9 Å². The van der Waals surface area contributed by atoms with E-state index in [9.17, 15) is 4.79 Å². The number of nitrogens with one attached hydrogen (secondary N) is 1. The normalized spacial score (nSPS) is 20.0. The topological polar surface area (TPSA) is 55.1 Å². The number of hydrogen-bond donors (Lipinski definition) is 1. The molecule has 1 aliphatic heterocycles. The van der Waals surface area contributed by atoms with Gasteiger partial charge in [0.2, 0.25) is 5.91 Å². The maximum absolute atomic E-state index is 12.5. The van der Waals surface area contributed by atoms with Crippen LogP contribution in [0.5, 0.6) is 0 Å². The number of aryl methyl sites for hydroxylation is 1. The van der Waals surface area contributed by atoms with E-state index in [0.717, 1.165) is 61.1 Å². The van der Waals surface area contributed by atoms with Crippen molar-refractivity contribution in [3.8, 4) is 11.4 Å². The van der Waals surface area contributed by atoms with E-state index in [-0.39, 0.29) is 11.8 Å². The Balaban J connectivity index is 1.47. The molecule has 1 N–H and O–H groups in total. The SMILES string of the molecule is CCn1c(-c2cccc(C)c2)nn(CN2CCCC(C(=O)NCC3CC3)C2)c1=S. The molecule has 2 aromatic rings. The van der Waals surface area contributed by atoms with Gasteiger partial charge in [0.1, 0.15) is 0 Å². The van der Waals surface area contributed by atoms with Crippen molar-refractivity contribution in [2.24, 2.45) is 11.8 Å². The van der Waals surface area contributed by atoms with Crippen LogP contribution < -0.4 is 5.32 Å². The minimum atomic E-state index is 0.0705. The van der Waals surface area contributed by atoms with Crippen molar-refractivity contribution in [3.63, 3.8) is 0 Å². The van der Waals surface area contributed by atoms with Gasteiger partial charge in [-0.1, -0.05) is 23.8 Å². The van der Waals surface area contributed by atoms with Crippen molar-refractivity contribution in [3.05, 3.63) is 34.6 Å². The van der Waals surface area contributed by atoms with Crippen molar-refractivity contribution in [1.29, 1.82) is 0 Å². The molecule has 0 spiro atoms. The summed E-state index contributed by atoms with van der Waals surface area (Å²) in [6, 6.07) is 8.38. The third kappa shape index (κ3) is 4.78. The van der Waals surface area contributed by atoms with Gasteiger partial charge in [-0.2, -0.15) is 5.10 Å². The van der Waals surface area contributed by atoms with Crippen LogP contribution in [0.4, 0.5) is 0 Å². The molecule has 1 aromatic carbocycles. The summed E-state index contributed by atoms with van der Waals surface area (Å²) in [5.74, 6) is 1.91. The Morgan fingerprint density at radius 2 is 2.14 bits per heavy atom. The fraction of sp³-hybridized carbons (Fsp3) is 0.591. The molecule has 0 bridgehead atoms. The molecule has 29 heavy (non-hydrogen) atoms. The Hall–Kier alpha value is -1.99. The van der Waals surface area contributed by atoms with Crippen molar-refractivity contribution < 1.29 is 4.79 Å². The quantitative estimate of drug-likeness (QED) is 0.705. The second-order valence-electron chi connectivity index (χ2n) is 8.47. The van der Waals surface area contributed by atoms with Gasteiger partial charge in [-0.3, -0.25) is 9.69 Å². The molecule has 0 radical (unpaired) electrons. The summed E-state index contributed by atoms with van der Waals surface area (Å²) in [6.07, 6.45) is 4.53.